The number of hydrogen-bond donors (Lipinski definition) is 2. The average Bonchev–Trinajstić information content (AvgIpc) is 3.92. The Balaban J connectivity index is 0.611. The van der Waals surface area contributed by atoms with E-state index in [2.05, 4.69) is 39.5 Å². The maximum Gasteiger partial charge on any atom is 0.320 e. The van der Waals surface area contributed by atoms with Crippen LogP contribution in [0.4, 0.5) is 16.3 Å². The molecule has 8 heterocycles. The number of carbonyl (C=O) groups excluding carboxylic acids is 5. The number of likely N-dealkylation sites (tertiary alicyclic amines) is 2. The number of hydrogen-bond acceptors (Lipinski definition) is 13. The zero-order chi connectivity index (χ0) is 48.6. The van der Waals surface area contributed by atoms with Gasteiger partial charge in [-0.1, -0.05) is 18.2 Å². The summed E-state index contributed by atoms with van der Waals surface area (Å²) in [4.78, 5) is 86.1. The number of fused-ring (bicyclic) bond motifs is 2. The van der Waals surface area contributed by atoms with Crippen LogP contribution in [0.25, 0.3) is 22.3 Å². The fourth-order valence-electron chi connectivity index (χ4n) is 11.8. The summed E-state index contributed by atoms with van der Waals surface area (Å²) in [5, 5.41) is 8.20. The van der Waals surface area contributed by atoms with Gasteiger partial charge in [-0.3, -0.25) is 39.2 Å². The molecule has 6 aliphatic heterocycles. The number of rotatable bonds is 11. The molecule has 0 bridgehead atoms. The molecule has 5 saturated heterocycles. The predicted octanol–water partition coefficient (Wildman–Crippen LogP) is 5.80. The zero-order valence-electron chi connectivity index (χ0n) is 40.2. The number of nitrogen functional groups attached to an aromatic ring is 1. The number of imide groups is 2. The monoisotopic (exact) mass is 962 g/mol. The molecule has 0 spiro atoms. The first-order valence-electron chi connectivity index (χ1n) is 25.6. The van der Waals surface area contributed by atoms with Crippen LogP contribution < -0.4 is 20.7 Å². The molecule has 11 rings (SSSR count). The minimum absolute atomic E-state index is 0.0964. The fourth-order valence-corrected chi connectivity index (χ4v) is 11.8. The Morgan fingerprint density at radius 2 is 1.46 bits per heavy atom. The number of anilines is 2. The van der Waals surface area contributed by atoms with Crippen LogP contribution in [0.5, 0.6) is 11.5 Å². The van der Waals surface area contributed by atoms with Crippen molar-refractivity contribution in [3.63, 3.8) is 0 Å². The third-order valence-electron chi connectivity index (χ3n) is 15.8. The van der Waals surface area contributed by atoms with Gasteiger partial charge in [0.15, 0.2) is 5.65 Å². The molecule has 5 aromatic rings. The van der Waals surface area contributed by atoms with Gasteiger partial charge in [0.05, 0.1) is 22.6 Å². The van der Waals surface area contributed by atoms with Crippen LogP contribution in [0.3, 0.4) is 0 Å². The van der Waals surface area contributed by atoms with E-state index in [1.54, 1.807) is 12.1 Å². The molecule has 18 nitrogen and oxygen atoms in total. The first-order valence-corrected chi connectivity index (χ1v) is 25.6. The minimum atomic E-state index is -0.967. The molecule has 2 aromatic heterocycles. The normalized spacial score (nSPS) is 22.1. The predicted molar refractivity (Wildman–Crippen MR) is 267 cm³/mol. The average molecular weight is 963 g/mol. The molecular formula is C53H62N12O6. The molecule has 6 amide bonds. The van der Waals surface area contributed by atoms with Crippen LogP contribution in [0, 0.1) is 5.92 Å². The Kier molecular flexibility index (Phi) is 13.1. The van der Waals surface area contributed by atoms with Crippen LogP contribution in [0.15, 0.2) is 79.1 Å². The van der Waals surface area contributed by atoms with Crippen molar-refractivity contribution in [3.05, 3.63) is 90.3 Å². The number of amides is 6. The van der Waals surface area contributed by atoms with E-state index >= 15 is 0 Å². The zero-order valence-corrected chi connectivity index (χ0v) is 40.2. The van der Waals surface area contributed by atoms with Gasteiger partial charge in [-0.05, 0) is 131 Å². The highest BCUT2D eigenvalue weighted by molar-refractivity contribution is 6.23. The number of nitrogens with zero attached hydrogens (tertiary/aromatic N) is 10. The van der Waals surface area contributed by atoms with E-state index in [0.29, 0.717) is 28.9 Å². The van der Waals surface area contributed by atoms with Gasteiger partial charge < -0.3 is 25.2 Å². The van der Waals surface area contributed by atoms with Crippen LogP contribution in [-0.2, 0) is 9.59 Å². The Bertz CT molecular complexity index is 2800. The first-order chi connectivity index (χ1) is 34.6. The van der Waals surface area contributed by atoms with E-state index in [1.807, 2.05) is 60.7 Å². The molecule has 2 atom stereocenters. The molecule has 3 aromatic carbocycles. The van der Waals surface area contributed by atoms with Crippen molar-refractivity contribution in [2.75, 3.05) is 82.6 Å². The molecule has 18 heteroatoms. The maximum atomic E-state index is 13.8. The fraction of sp³-hybridized carbons (Fsp3) is 0.472. The van der Waals surface area contributed by atoms with E-state index in [-0.39, 0.29) is 30.8 Å². The van der Waals surface area contributed by atoms with Gasteiger partial charge in [-0.2, -0.15) is 5.10 Å². The lowest BCUT2D eigenvalue weighted by Crippen LogP contribution is -2.56. The van der Waals surface area contributed by atoms with Crippen molar-refractivity contribution >= 4 is 52.2 Å². The summed E-state index contributed by atoms with van der Waals surface area (Å²) in [7, 11) is 0. The van der Waals surface area contributed by atoms with Crippen molar-refractivity contribution in [2.45, 2.75) is 82.3 Å². The lowest BCUT2D eigenvalue weighted by molar-refractivity contribution is -0.136. The summed E-state index contributed by atoms with van der Waals surface area (Å²) in [6.45, 7) is 9.49. The molecule has 370 valence electrons. The SMILES string of the molecule is Nc1ncnc2c1c(-c1ccc(Oc3ccccc3)cc1)nn2[C@@H]1CCCN(C2CCN(C(=O)N3CCN(CCCC4CCN(c5ccc6c(c5)C(=O)N(C5CCC(=O)NC5=O)C6=O)CC4)CC3)CC2)C1. The van der Waals surface area contributed by atoms with Gasteiger partial charge >= 0.3 is 6.03 Å². The number of nitrogens with one attached hydrogen (secondary N) is 1. The Hall–Kier alpha value is -6.92. The van der Waals surface area contributed by atoms with Crippen molar-refractivity contribution in [2.24, 2.45) is 5.92 Å². The molecule has 71 heavy (non-hydrogen) atoms. The standard InChI is InChI=1S/C53H62N12O6/c54-48-46-47(36-10-13-41(14-11-36)71-40-8-2-1-3-9-40)58-65(49(46)56-34-55-48)39-7-5-23-63(33-39)37-20-26-61(27-21-37)53(70)62-30-28-59(29-31-62)22-4-6-35-18-24-60(25-19-35)38-12-15-42-43(32-38)52(69)64(51(42)68)44-16-17-45(66)57-50(44)67/h1-3,8-15,32,34-35,37,39,44H,4-7,16-31,33H2,(H2,54,55,56)(H,57,66,67)/t39-,44?/m1/s1. The summed E-state index contributed by atoms with van der Waals surface area (Å²) in [6.07, 6.45) is 10.1. The number of ether oxygens (including phenoxy) is 1. The highest BCUT2D eigenvalue weighted by Gasteiger charge is 2.45. The first kappa shape index (κ1) is 46.5. The maximum absolute atomic E-state index is 13.8. The van der Waals surface area contributed by atoms with E-state index in [1.165, 1.54) is 6.33 Å². The van der Waals surface area contributed by atoms with Gasteiger partial charge in [0.25, 0.3) is 11.8 Å². The summed E-state index contributed by atoms with van der Waals surface area (Å²) >= 11 is 0. The van der Waals surface area contributed by atoms with Crippen LogP contribution >= 0.6 is 0 Å². The number of para-hydroxylation sites is 1. The molecular weight excluding hydrogens is 901 g/mol. The van der Waals surface area contributed by atoms with Gasteiger partial charge in [0.2, 0.25) is 11.8 Å². The molecule has 3 N–H and O–H groups in total. The van der Waals surface area contributed by atoms with Crippen molar-refractivity contribution in [1.82, 2.24) is 49.6 Å². The molecule has 0 radical (unpaired) electrons. The summed E-state index contributed by atoms with van der Waals surface area (Å²) in [6, 6.07) is 22.8. The lowest BCUT2D eigenvalue weighted by Gasteiger charge is -2.44. The van der Waals surface area contributed by atoms with Gasteiger partial charge in [-0.15, -0.1) is 0 Å². The van der Waals surface area contributed by atoms with Crippen molar-refractivity contribution in [3.8, 4) is 22.8 Å². The lowest BCUT2D eigenvalue weighted by atomic mass is 9.91. The quantitative estimate of drug-likeness (QED) is 0.151. The van der Waals surface area contributed by atoms with E-state index in [0.717, 1.165) is 168 Å². The smallest absolute Gasteiger partial charge is 0.320 e. The minimum Gasteiger partial charge on any atom is -0.457 e. The molecule has 1 unspecified atom stereocenters. The van der Waals surface area contributed by atoms with E-state index in [4.69, 9.17) is 20.6 Å². The number of piperazine rings is 1. The second-order valence-corrected chi connectivity index (χ2v) is 20.1. The Morgan fingerprint density at radius 3 is 2.23 bits per heavy atom. The third-order valence-corrected chi connectivity index (χ3v) is 15.8. The second-order valence-electron chi connectivity index (χ2n) is 20.1. The summed E-state index contributed by atoms with van der Waals surface area (Å²) < 4.78 is 8.11. The number of benzene rings is 3. The van der Waals surface area contributed by atoms with Crippen molar-refractivity contribution < 1.29 is 28.7 Å². The number of aromatic nitrogens is 4. The van der Waals surface area contributed by atoms with Crippen LogP contribution in [-0.4, -0.2) is 158 Å². The van der Waals surface area contributed by atoms with Gasteiger partial charge in [0.1, 0.15) is 35.4 Å². The number of urea groups is 1. The highest BCUT2D eigenvalue weighted by Crippen LogP contribution is 2.37. The number of nitrogens with two attached hydrogens (primary N) is 1. The molecule has 6 aliphatic rings. The van der Waals surface area contributed by atoms with Crippen molar-refractivity contribution in [1.29, 1.82) is 0 Å². The van der Waals surface area contributed by atoms with E-state index in [9.17, 15) is 24.0 Å². The second kappa shape index (κ2) is 20.1. The topological polar surface area (TPSA) is 196 Å². The van der Waals surface area contributed by atoms with Gasteiger partial charge in [-0.25, -0.2) is 19.4 Å². The molecule has 5 fully saturated rings. The highest BCUT2D eigenvalue weighted by atomic mass is 16.5. The largest absolute Gasteiger partial charge is 0.457 e. The number of piperidine rings is 4. The summed E-state index contributed by atoms with van der Waals surface area (Å²) in [5.74, 6) is 0.611. The van der Waals surface area contributed by atoms with E-state index < -0.39 is 23.8 Å². The number of carbonyl (C=O) groups is 5. The summed E-state index contributed by atoms with van der Waals surface area (Å²) in [5.41, 5.74) is 10.5. The molecule has 0 aliphatic carbocycles. The van der Waals surface area contributed by atoms with Crippen LogP contribution in [0.1, 0.15) is 91.0 Å². The Labute approximate surface area is 413 Å². The van der Waals surface area contributed by atoms with Gasteiger partial charge in [0, 0.05) is 82.6 Å². The van der Waals surface area contributed by atoms with Crippen LogP contribution in [0.2, 0.25) is 0 Å². The third kappa shape index (κ3) is 9.54. The Morgan fingerprint density at radius 1 is 0.732 bits per heavy atom. The molecule has 0 saturated carbocycles.